The zero-order valence-corrected chi connectivity index (χ0v) is 14.5. The number of nitrogen functional groups attached to an aromatic ring is 1. The molecule has 4 aromatic carbocycles. The summed E-state index contributed by atoms with van der Waals surface area (Å²) >= 11 is 0. The molecule has 0 aliphatic carbocycles. The lowest BCUT2D eigenvalue weighted by atomic mass is 10.1. The first-order valence-electron chi connectivity index (χ1n) is 9.00. The second-order valence-corrected chi connectivity index (χ2v) is 6.88. The molecular formula is C24H16N2O. The number of para-hydroxylation sites is 2. The average Bonchev–Trinajstić information content (AvgIpc) is 3.23. The second-order valence-electron chi connectivity index (χ2n) is 6.88. The van der Waals surface area contributed by atoms with E-state index in [9.17, 15) is 0 Å². The van der Waals surface area contributed by atoms with E-state index in [1.807, 2.05) is 30.3 Å². The van der Waals surface area contributed by atoms with Gasteiger partial charge in [0.15, 0.2) is 0 Å². The number of aromatic nitrogens is 1. The quantitative estimate of drug-likeness (QED) is 0.356. The first-order valence-corrected chi connectivity index (χ1v) is 9.00. The van der Waals surface area contributed by atoms with Gasteiger partial charge in [0, 0.05) is 21.8 Å². The zero-order chi connectivity index (χ0) is 18.0. The maximum absolute atomic E-state index is 6.14. The molecule has 0 unspecified atom stereocenters. The largest absolute Gasteiger partial charge is 0.456 e. The van der Waals surface area contributed by atoms with Crippen LogP contribution in [0.1, 0.15) is 0 Å². The number of rotatable bonds is 1. The highest BCUT2D eigenvalue weighted by molar-refractivity contribution is 6.14. The zero-order valence-electron chi connectivity index (χ0n) is 14.5. The molecule has 0 spiro atoms. The van der Waals surface area contributed by atoms with Gasteiger partial charge in [-0.1, -0.05) is 48.5 Å². The van der Waals surface area contributed by atoms with E-state index in [1.54, 1.807) is 0 Å². The van der Waals surface area contributed by atoms with E-state index in [4.69, 9.17) is 10.2 Å². The van der Waals surface area contributed by atoms with Crippen LogP contribution in [0.3, 0.4) is 0 Å². The molecule has 2 heterocycles. The van der Waals surface area contributed by atoms with Gasteiger partial charge in [0.25, 0.3) is 0 Å². The van der Waals surface area contributed by atoms with Crippen LogP contribution in [-0.4, -0.2) is 4.57 Å². The van der Waals surface area contributed by atoms with E-state index in [-0.39, 0.29) is 0 Å². The molecule has 6 rings (SSSR count). The first-order chi connectivity index (χ1) is 13.3. The van der Waals surface area contributed by atoms with Crippen molar-refractivity contribution in [1.82, 2.24) is 4.57 Å². The Morgan fingerprint density at radius 1 is 0.630 bits per heavy atom. The summed E-state index contributed by atoms with van der Waals surface area (Å²) in [6.07, 6.45) is 0. The molecule has 2 N–H and O–H groups in total. The van der Waals surface area contributed by atoms with Gasteiger partial charge >= 0.3 is 0 Å². The molecule has 0 aliphatic rings. The minimum Gasteiger partial charge on any atom is -0.456 e. The Balaban J connectivity index is 1.87. The van der Waals surface area contributed by atoms with Crippen LogP contribution in [0.5, 0.6) is 0 Å². The average molecular weight is 348 g/mol. The highest BCUT2D eigenvalue weighted by atomic mass is 16.3. The van der Waals surface area contributed by atoms with Crippen molar-refractivity contribution >= 4 is 49.4 Å². The van der Waals surface area contributed by atoms with Crippen molar-refractivity contribution in [2.24, 2.45) is 0 Å². The Morgan fingerprint density at radius 3 is 2.30 bits per heavy atom. The van der Waals surface area contributed by atoms with Crippen LogP contribution in [0, 0.1) is 0 Å². The molecule has 0 saturated carbocycles. The predicted octanol–water partition coefficient (Wildman–Crippen LogP) is 6.27. The number of fused-ring (bicyclic) bond motifs is 6. The molecule has 0 aliphatic heterocycles. The van der Waals surface area contributed by atoms with Gasteiger partial charge in [-0.15, -0.1) is 0 Å². The van der Waals surface area contributed by atoms with Gasteiger partial charge in [0.05, 0.1) is 22.1 Å². The SMILES string of the molecule is Nc1ccc2c3ccccc3n(-c3cccc4oc5ccccc5c34)c2c1. The van der Waals surface area contributed by atoms with Gasteiger partial charge in [-0.3, -0.25) is 0 Å². The summed E-state index contributed by atoms with van der Waals surface area (Å²) in [5.41, 5.74) is 12.1. The van der Waals surface area contributed by atoms with Crippen LogP contribution >= 0.6 is 0 Å². The molecule has 6 aromatic rings. The highest BCUT2D eigenvalue weighted by Gasteiger charge is 2.17. The Bertz CT molecular complexity index is 1490. The van der Waals surface area contributed by atoms with Gasteiger partial charge in [-0.2, -0.15) is 0 Å². The third kappa shape index (κ3) is 1.91. The third-order valence-electron chi connectivity index (χ3n) is 5.32. The Hall–Kier alpha value is -3.72. The number of hydrogen-bond donors (Lipinski definition) is 1. The van der Waals surface area contributed by atoms with E-state index < -0.39 is 0 Å². The summed E-state index contributed by atoms with van der Waals surface area (Å²) in [7, 11) is 0. The summed E-state index contributed by atoms with van der Waals surface area (Å²) in [5, 5.41) is 4.66. The fourth-order valence-corrected chi connectivity index (χ4v) is 4.19. The van der Waals surface area contributed by atoms with E-state index >= 15 is 0 Å². The second kappa shape index (κ2) is 5.15. The molecule has 3 nitrogen and oxygen atoms in total. The fourth-order valence-electron chi connectivity index (χ4n) is 4.19. The van der Waals surface area contributed by atoms with Gasteiger partial charge in [-0.25, -0.2) is 0 Å². The first kappa shape index (κ1) is 14.4. The van der Waals surface area contributed by atoms with E-state index in [1.165, 1.54) is 10.8 Å². The lowest BCUT2D eigenvalue weighted by molar-refractivity contribution is 0.669. The van der Waals surface area contributed by atoms with E-state index in [0.717, 1.165) is 44.3 Å². The van der Waals surface area contributed by atoms with Crippen LogP contribution in [0.4, 0.5) is 5.69 Å². The van der Waals surface area contributed by atoms with Crippen molar-refractivity contribution in [2.75, 3.05) is 5.73 Å². The molecule has 0 bridgehead atoms. The number of nitrogens with zero attached hydrogens (tertiary/aromatic N) is 1. The standard InChI is InChI=1S/C24H16N2O/c25-15-12-13-17-16-6-1-3-8-19(16)26(21(17)14-15)20-9-5-11-23-24(20)18-7-2-4-10-22(18)27-23/h1-14H,25H2. The summed E-state index contributed by atoms with van der Waals surface area (Å²) in [5.74, 6) is 0. The molecule has 2 aromatic heterocycles. The van der Waals surface area contributed by atoms with Crippen molar-refractivity contribution < 1.29 is 4.42 Å². The molecule has 0 amide bonds. The van der Waals surface area contributed by atoms with Crippen LogP contribution in [0.15, 0.2) is 89.3 Å². The maximum Gasteiger partial charge on any atom is 0.137 e. The van der Waals surface area contributed by atoms with Crippen LogP contribution in [0.2, 0.25) is 0 Å². The molecule has 128 valence electrons. The maximum atomic E-state index is 6.14. The molecule has 0 saturated heterocycles. The summed E-state index contributed by atoms with van der Waals surface area (Å²) < 4.78 is 8.40. The van der Waals surface area contributed by atoms with Crippen molar-refractivity contribution in [2.45, 2.75) is 0 Å². The highest BCUT2D eigenvalue weighted by Crippen LogP contribution is 2.38. The van der Waals surface area contributed by atoms with Gasteiger partial charge in [0.2, 0.25) is 0 Å². The molecule has 0 fully saturated rings. The number of hydrogen-bond acceptors (Lipinski definition) is 2. The minimum absolute atomic E-state index is 0.760. The molecule has 0 atom stereocenters. The predicted molar refractivity (Wildman–Crippen MR) is 112 cm³/mol. The Kier molecular flexibility index (Phi) is 2.75. The van der Waals surface area contributed by atoms with Crippen LogP contribution in [-0.2, 0) is 0 Å². The third-order valence-corrected chi connectivity index (χ3v) is 5.32. The monoisotopic (exact) mass is 348 g/mol. The van der Waals surface area contributed by atoms with Crippen molar-refractivity contribution in [3.05, 3.63) is 84.9 Å². The van der Waals surface area contributed by atoms with E-state index in [0.29, 0.717) is 0 Å². The van der Waals surface area contributed by atoms with Crippen LogP contribution in [0.25, 0.3) is 49.4 Å². The fraction of sp³-hybridized carbons (Fsp3) is 0. The van der Waals surface area contributed by atoms with Crippen molar-refractivity contribution in [3.63, 3.8) is 0 Å². The molecular weight excluding hydrogens is 332 g/mol. The molecule has 0 radical (unpaired) electrons. The molecule has 3 heteroatoms. The summed E-state index contributed by atoms with van der Waals surface area (Å²) in [6, 6.07) is 29.0. The van der Waals surface area contributed by atoms with E-state index in [2.05, 4.69) is 59.2 Å². The number of anilines is 1. The summed E-state index contributed by atoms with van der Waals surface area (Å²) in [4.78, 5) is 0. The topological polar surface area (TPSA) is 44.1 Å². The Labute approximate surface area is 155 Å². The van der Waals surface area contributed by atoms with Gasteiger partial charge in [0.1, 0.15) is 11.2 Å². The number of benzene rings is 4. The van der Waals surface area contributed by atoms with Crippen molar-refractivity contribution in [1.29, 1.82) is 0 Å². The van der Waals surface area contributed by atoms with Crippen molar-refractivity contribution in [3.8, 4) is 5.69 Å². The van der Waals surface area contributed by atoms with Crippen LogP contribution < -0.4 is 5.73 Å². The minimum atomic E-state index is 0.760. The number of furan rings is 1. The molecule has 27 heavy (non-hydrogen) atoms. The Morgan fingerprint density at radius 2 is 1.37 bits per heavy atom. The smallest absolute Gasteiger partial charge is 0.137 e. The number of nitrogens with two attached hydrogens (primary N) is 1. The summed E-state index contributed by atoms with van der Waals surface area (Å²) in [6.45, 7) is 0. The van der Waals surface area contributed by atoms with Gasteiger partial charge in [-0.05, 0) is 36.4 Å². The van der Waals surface area contributed by atoms with Gasteiger partial charge < -0.3 is 14.7 Å². The lowest BCUT2D eigenvalue weighted by Crippen LogP contribution is -1.95. The lowest BCUT2D eigenvalue weighted by Gasteiger charge is -2.09. The normalized spacial score (nSPS) is 11.9.